The molecule has 0 unspecified atom stereocenters. The molecule has 0 spiro atoms. The van der Waals surface area contributed by atoms with Crippen molar-refractivity contribution >= 4 is 0 Å². The lowest BCUT2D eigenvalue weighted by atomic mass is 10.0. The fraction of sp³-hybridized carbons (Fsp3) is 1.00. The van der Waals surface area contributed by atoms with Gasteiger partial charge >= 0.3 is 0 Å². The summed E-state index contributed by atoms with van der Waals surface area (Å²) in [6, 6.07) is 0. The van der Waals surface area contributed by atoms with E-state index in [1.807, 2.05) is 0 Å². The Hall–Kier alpha value is -0.0800. The van der Waals surface area contributed by atoms with E-state index < -0.39 is 0 Å². The van der Waals surface area contributed by atoms with Gasteiger partial charge in [-0.15, -0.1) is 0 Å². The Morgan fingerprint density at radius 2 is 0.864 bits per heavy atom. The monoisotopic (exact) mass is 313 g/mol. The predicted molar refractivity (Wildman–Crippen MR) is 99.4 cm³/mol. The van der Waals surface area contributed by atoms with Crippen molar-refractivity contribution in [2.24, 2.45) is 5.73 Å². The van der Waals surface area contributed by atoms with Gasteiger partial charge in [0.25, 0.3) is 0 Å². The summed E-state index contributed by atoms with van der Waals surface area (Å²) in [6.07, 6.45) is 22.3. The molecule has 0 aromatic carbocycles. The molecule has 0 aliphatic carbocycles. The molecule has 0 saturated heterocycles. The zero-order valence-corrected chi connectivity index (χ0v) is 15.4. The van der Waals surface area contributed by atoms with Crippen LogP contribution < -0.4 is 5.73 Å². The van der Waals surface area contributed by atoms with Crippen LogP contribution in [0.4, 0.5) is 0 Å². The van der Waals surface area contributed by atoms with Gasteiger partial charge in [-0.1, -0.05) is 96.8 Å². The van der Waals surface area contributed by atoms with E-state index in [-0.39, 0.29) is 0 Å². The quantitative estimate of drug-likeness (QED) is 0.287. The molecule has 0 amide bonds. The summed E-state index contributed by atoms with van der Waals surface area (Å²) in [7, 11) is 0. The van der Waals surface area contributed by atoms with Crippen molar-refractivity contribution in [2.75, 3.05) is 19.8 Å². The van der Waals surface area contributed by atoms with Gasteiger partial charge in [-0.05, 0) is 19.4 Å². The summed E-state index contributed by atoms with van der Waals surface area (Å²) >= 11 is 0. The summed E-state index contributed by atoms with van der Waals surface area (Å²) in [5.74, 6) is 0. The maximum atomic E-state index is 5.51. The van der Waals surface area contributed by atoms with Gasteiger partial charge in [0.2, 0.25) is 0 Å². The minimum Gasteiger partial charge on any atom is -0.381 e. The van der Waals surface area contributed by atoms with E-state index in [1.165, 1.54) is 96.3 Å². The molecule has 2 heteroatoms. The average molecular weight is 314 g/mol. The van der Waals surface area contributed by atoms with Crippen LogP contribution in [0.5, 0.6) is 0 Å². The van der Waals surface area contributed by atoms with E-state index in [0.29, 0.717) is 0 Å². The van der Waals surface area contributed by atoms with Gasteiger partial charge in [0.05, 0.1) is 0 Å². The van der Waals surface area contributed by atoms with E-state index in [4.69, 9.17) is 10.5 Å². The minimum atomic E-state index is 0.749. The first-order valence-corrected chi connectivity index (χ1v) is 10.2. The third kappa shape index (κ3) is 19.9. The number of unbranched alkanes of at least 4 members (excludes halogenated alkanes) is 14. The third-order valence-electron chi connectivity index (χ3n) is 4.39. The molecule has 0 atom stereocenters. The highest BCUT2D eigenvalue weighted by molar-refractivity contribution is 4.49. The lowest BCUT2D eigenvalue weighted by Gasteiger charge is -2.04. The average Bonchev–Trinajstić information content (AvgIpc) is 2.54. The Kier molecular flexibility index (Phi) is 20.8. The first kappa shape index (κ1) is 21.9. The van der Waals surface area contributed by atoms with Gasteiger partial charge in [0, 0.05) is 13.2 Å². The minimum absolute atomic E-state index is 0.749. The lowest BCUT2D eigenvalue weighted by Crippen LogP contribution is -2.04. The van der Waals surface area contributed by atoms with E-state index in [9.17, 15) is 0 Å². The summed E-state index contributed by atoms with van der Waals surface area (Å²) in [4.78, 5) is 0. The molecule has 0 rings (SSSR count). The predicted octanol–water partition coefficient (Wildman–Crippen LogP) is 6.22. The van der Waals surface area contributed by atoms with Crippen molar-refractivity contribution < 1.29 is 4.74 Å². The molecule has 0 bridgehead atoms. The molecule has 0 saturated carbocycles. The van der Waals surface area contributed by atoms with Crippen LogP contribution in [0.25, 0.3) is 0 Å². The fourth-order valence-electron chi connectivity index (χ4n) is 2.86. The largest absolute Gasteiger partial charge is 0.381 e. The molecule has 0 aliphatic rings. The smallest absolute Gasteiger partial charge is 0.0478 e. The van der Waals surface area contributed by atoms with Crippen LogP contribution in [-0.2, 0) is 4.74 Å². The van der Waals surface area contributed by atoms with Crippen LogP contribution in [0.2, 0.25) is 0 Å². The maximum absolute atomic E-state index is 5.51. The van der Waals surface area contributed by atoms with Crippen LogP contribution in [0.3, 0.4) is 0 Å². The second-order valence-corrected chi connectivity index (χ2v) is 6.70. The molecule has 2 N–H and O–H groups in total. The lowest BCUT2D eigenvalue weighted by molar-refractivity contribution is 0.129. The van der Waals surface area contributed by atoms with E-state index >= 15 is 0 Å². The Balaban J connectivity index is 2.91. The van der Waals surface area contributed by atoms with Crippen LogP contribution in [0.1, 0.15) is 110 Å². The highest BCUT2D eigenvalue weighted by Crippen LogP contribution is 2.13. The van der Waals surface area contributed by atoms with Gasteiger partial charge < -0.3 is 10.5 Å². The summed E-state index contributed by atoms with van der Waals surface area (Å²) in [6.45, 7) is 4.81. The van der Waals surface area contributed by atoms with Gasteiger partial charge in [-0.2, -0.15) is 0 Å². The van der Waals surface area contributed by atoms with Crippen molar-refractivity contribution in [2.45, 2.75) is 110 Å². The van der Waals surface area contributed by atoms with Crippen LogP contribution in [0.15, 0.2) is 0 Å². The second-order valence-electron chi connectivity index (χ2n) is 6.70. The van der Waals surface area contributed by atoms with Gasteiger partial charge in [-0.25, -0.2) is 0 Å². The molecule has 0 aromatic heterocycles. The van der Waals surface area contributed by atoms with Crippen molar-refractivity contribution in [3.63, 3.8) is 0 Å². The fourth-order valence-corrected chi connectivity index (χ4v) is 2.86. The first-order chi connectivity index (χ1) is 10.9. The zero-order chi connectivity index (χ0) is 16.1. The van der Waals surface area contributed by atoms with Crippen LogP contribution >= 0.6 is 0 Å². The summed E-state index contributed by atoms with van der Waals surface area (Å²) in [5, 5.41) is 0. The van der Waals surface area contributed by atoms with Crippen LogP contribution in [-0.4, -0.2) is 19.8 Å². The molecule has 22 heavy (non-hydrogen) atoms. The van der Waals surface area contributed by atoms with Gasteiger partial charge in [-0.3, -0.25) is 0 Å². The Morgan fingerprint density at radius 3 is 1.27 bits per heavy atom. The number of nitrogens with two attached hydrogens (primary N) is 1. The number of rotatable bonds is 19. The molecule has 0 radical (unpaired) electrons. The molecular weight excluding hydrogens is 270 g/mol. The first-order valence-electron chi connectivity index (χ1n) is 10.2. The van der Waals surface area contributed by atoms with E-state index in [0.717, 1.165) is 26.2 Å². The summed E-state index contributed by atoms with van der Waals surface area (Å²) < 4.78 is 5.51. The van der Waals surface area contributed by atoms with Crippen LogP contribution in [0, 0.1) is 0 Å². The van der Waals surface area contributed by atoms with E-state index in [1.54, 1.807) is 0 Å². The molecule has 0 aliphatic heterocycles. The molecule has 134 valence electrons. The number of hydrogen-bond acceptors (Lipinski definition) is 2. The normalized spacial score (nSPS) is 11.2. The number of ether oxygens (including phenoxy) is 1. The molecular formula is C20H43NO. The number of hydrogen-bond donors (Lipinski definition) is 1. The second kappa shape index (κ2) is 20.9. The standard InChI is InChI=1S/C20H43NO/c1-2-3-4-5-6-7-8-9-10-11-12-13-14-15-16-19-22-20-17-18-21/h2-21H2,1H3. The Morgan fingerprint density at radius 1 is 0.500 bits per heavy atom. The topological polar surface area (TPSA) is 35.2 Å². The van der Waals surface area contributed by atoms with Crippen molar-refractivity contribution in [3.05, 3.63) is 0 Å². The Labute approximate surface area is 140 Å². The van der Waals surface area contributed by atoms with Gasteiger partial charge in [0.1, 0.15) is 0 Å². The van der Waals surface area contributed by atoms with Crippen molar-refractivity contribution in [3.8, 4) is 0 Å². The molecule has 0 fully saturated rings. The zero-order valence-electron chi connectivity index (χ0n) is 15.4. The molecule has 0 aromatic rings. The SMILES string of the molecule is CCCCCCCCCCCCCCCCCOCCCN. The molecule has 2 nitrogen and oxygen atoms in total. The summed E-state index contributed by atoms with van der Waals surface area (Å²) in [5.41, 5.74) is 5.42. The van der Waals surface area contributed by atoms with E-state index in [2.05, 4.69) is 6.92 Å². The highest BCUT2D eigenvalue weighted by Gasteiger charge is 1.94. The highest BCUT2D eigenvalue weighted by atomic mass is 16.5. The van der Waals surface area contributed by atoms with Crippen molar-refractivity contribution in [1.29, 1.82) is 0 Å². The van der Waals surface area contributed by atoms with Crippen molar-refractivity contribution in [1.82, 2.24) is 0 Å². The third-order valence-corrected chi connectivity index (χ3v) is 4.39. The molecule has 0 heterocycles. The Bertz CT molecular complexity index is 165. The van der Waals surface area contributed by atoms with Gasteiger partial charge in [0.15, 0.2) is 0 Å². The maximum Gasteiger partial charge on any atom is 0.0478 e.